The first-order valence-electron chi connectivity index (χ1n) is 6.29. The summed E-state index contributed by atoms with van der Waals surface area (Å²) in [5.74, 6) is 2.37. The number of thioether (sulfide) groups is 1. The van der Waals surface area contributed by atoms with E-state index in [0.29, 0.717) is 0 Å². The van der Waals surface area contributed by atoms with Crippen LogP contribution in [0.3, 0.4) is 0 Å². The maximum Gasteiger partial charge on any atom is 0.255 e. The molecular weight excluding hydrogens is 244 g/mol. The normalized spacial score (nSPS) is 10.2. The maximum absolute atomic E-state index is 12.0. The van der Waals surface area contributed by atoms with Gasteiger partial charge in [-0.3, -0.25) is 4.79 Å². The summed E-state index contributed by atoms with van der Waals surface area (Å²) in [4.78, 5) is 13.6. The van der Waals surface area contributed by atoms with Crippen molar-refractivity contribution >= 4 is 23.4 Å². The van der Waals surface area contributed by atoms with Crippen LogP contribution in [0.2, 0.25) is 0 Å². The molecule has 0 bridgehead atoms. The van der Waals surface area contributed by atoms with Gasteiger partial charge in [0.2, 0.25) is 0 Å². The highest BCUT2D eigenvalue weighted by atomic mass is 32.2. The summed E-state index contributed by atoms with van der Waals surface area (Å²) in [6, 6.07) is 7.68. The molecule has 0 aromatic heterocycles. The average molecular weight is 266 g/mol. The number of hydrogen-bond donors (Lipinski definition) is 1. The summed E-state index contributed by atoms with van der Waals surface area (Å²) < 4.78 is 0. The van der Waals surface area contributed by atoms with Crippen LogP contribution in [0.1, 0.15) is 23.7 Å². The van der Waals surface area contributed by atoms with Crippen LogP contribution in [0.25, 0.3) is 0 Å². The minimum atomic E-state index is 0.0426. The topological polar surface area (TPSA) is 32.3 Å². The fourth-order valence-electron chi connectivity index (χ4n) is 1.61. The standard InChI is InChI=1S/C14H22N2OS/c1-4-18-11-7-10-15-13-9-6-5-8-12(13)14(17)16(2)3/h5-6,8-9,15H,4,7,10-11H2,1-3H3. The molecule has 0 spiro atoms. The highest BCUT2D eigenvalue weighted by Gasteiger charge is 2.11. The molecule has 1 amide bonds. The van der Waals surface area contributed by atoms with Crippen molar-refractivity contribution in [3.05, 3.63) is 29.8 Å². The molecule has 0 saturated heterocycles. The van der Waals surface area contributed by atoms with E-state index in [0.717, 1.165) is 35.7 Å². The lowest BCUT2D eigenvalue weighted by molar-refractivity contribution is 0.0828. The SMILES string of the molecule is CCSCCCNc1ccccc1C(=O)N(C)C. The lowest BCUT2D eigenvalue weighted by Gasteiger charge is -2.15. The molecule has 0 unspecified atom stereocenters. The van der Waals surface area contributed by atoms with E-state index in [-0.39, 0.29) is 5.91 Å². The average Bonchev–Trinajstić information content (AvgIpc) is 2.38. The number of hydrogen-bond acceptors (Lipinski definition) is 3. The molecule has 0 fully saturated rings. The van der Waals surface area contributed by atoms with Gasteiger partial charge in [0.25, 0.3) is 5.91 Å². The van der Waals surface area contributed by atoms with Crippen LogP contribution < -0.4 is 5.32 Å². The Hall–Kier alpha value is -1.16. The summed E-state index contributed by atoms with van der Waals surface area (Å²) in [6.45, 7) is 3.08. The van der Waals surface area contributed by atoms with E-state index in [9.17, 15) is 4.79 Å². The Labute approximate surface area is 114 Å². The Balaban J connectivity index is 2.57. The van der Waals surface area contributed by atoms with Crippen LogP contribution in [0, 0.1) is 0 Å². The van der Waals surface area contributed by atoms with Crippen molar-refractivity contribution in [1.29, 1.82) is 0 Å². The summed E-state index contributed by atoms with van der Waals surface area (Å²) in [7, 11) is 3.55. The molecule has 1 N–H and O–H groups in total. The molecule has 100 valence electrons. The van der Waals surface area contributed by atoms with Crippen molar-refractivity contribution in [2.45, 2.75) is 13.3 Å². The Kier molecular flexibility index (Phi) is 6.65. The van der Waals surface area contributed by atoms with E-state index in [1.807, 2.05) is 36.0 Å². The largest absolute Gasteiger partial charge is 0.384 e. The van der Waals surface area contributed by atoms with E-state index < -0.39 is 0 Å². The van der Waals surface area contributed by atoms with Crippen molar-refractivity contribution in [3.63, 3.8) is 0 Å². The van der Waals surface area contributed by atoms with E-state index in [1.54, 1.807) is 19.0 Å². The number of rotatable bonds is 7. The third-order valence-electron chi connectivity index (χ3n) is 2.55. The van der Waals surface area contributed by atoms with E-state index in [2.05, 4.69) is 12.2 Å². The second-order valence-corrected chi connectivity index (χ2v) is 5.62. The first kappa shape index (κ1) is 14.9. The molecule has 4 heteroatoms. The molecule has 0 heterocycles. The molecule has 1 rings (SSSR count). The number of carbonyl (C=O) groups excluding carboxylic acids is 1. The predicted molar refractivity (Wildman–Crippen MR) is 80.6 cm³/mol. The number of para-hydroxylation sites is 1. The van der Waals surface area contributed by atoms with Crippen molar-refractivity contribution < 1.29 is 4.79 Å². The Morgan fingerprint density at radius 2 is 2.06 bits per heavy atom. The molecule has 0 radical (unpaired) electrons. The van der Waals surface area contributed by atoms with Crippen molar-refractivity contribution in [3.8, 4) is 0 Å². The first-order chi connectivity index (χ1) is 8.66. The van der Waals surface area contributed by atoms with Gasteiger partial charge >= 0.3 is 0 Å². The van der Waals surface area contributed by atoms with Gasteiger partial charge in [0, 0.05) is 26.3 Å². The summed E-state index contributed by atoms with van der Waals surface area (Å²) in [5.41, 5.74) is 1.67. The van der Waals surface area contributed by atoms with E-state index in [1.165, 1.54) is 0 Å². The molecule has 1 aromatic rings. The van der Waals surface area contributed by atoms with Crippen molar-refractivity contribution in [1.82, 2.24) is 4.90 Å². The zero-order chi connectivity index (χ0) is 13.4. The van der Waals surface area contributed by atoms with E-state index >= 15 is 0 Å². The van der Waals surface area contributed by atoms with Gasteiger partial charge in [0.05, 0.1) is 5.56 Å². The van der Waals surface area contributed by atoms with Crippen LogP contribution in [0.4, 0.5) is 5.69 Å². The zero-order valence-electron chi connectivity index (χ0n) is 11.4. The molecule has 0 aliphatic heterocycles. The summed E-state index contributed by atoms with van der Waals surface area (Å²) in [6.07, 6.45) is 1.11. The summed E-state index contributed by atoms with van der Waals surface area (Å²) >= 11 is 1.94. The number of anilines is 1. The van der Waals surface area contributed by atoms with Crippen LogP contribution in [0.5, 0.6) is 0 Å². The van der Waals surface area contributed by atoms with Gasteiger partial charge in [-0.05, 0) is 30.1 Å². The van der Waals surface area contributed by atoms with Gasteiger partial charge in [-0.1, -0.05) is 19.1 Å². The van der Waals surface area contributed by atoms with Gasteiger partial charge in [-0.15, -0.1) is 0 Å². The smallest absolute Gasteiger partial charge is 0.255 e. The van der Waals surface area contributed by atoms with Gasteiger partial charge < -0.3 is 10.2 Å². The molecule has 0 aliphatic rings. The van der Waals surface area contributed by atoms with Crippen molar-refractivity contribution in [2.75, 3.05) is 37.5 Å². The Bertz CT molecular complexity index is 380. The first-order valence-corrected chi connectivity index (χ1v) is 7.44. The minimum Gasteiger partial charge on any atom is -0.384 e. The third kappa shape index (κ3) is 4.61. The van der Waals surface area contributed by atoms with Crippen LogP contribution in [0.15, 0.2) is 24.3 Å². The zero-order valence-corrected chi connectivity index (χ0v) is 12.2. The Morgan fingerprint density at radius 1 is 1.33 bits per heavy atom. The van der Waals surface area contributed by atoms with Crippen LogP contribution >= 0.6 is 11.8 Å². The fraction of sp³-hybridized carbons (Fsp3) is 0.500. The molecule has 0 atom stereocenters. The number of nitrogens with one attached hydrogen (secondary N) is 1. The highest BCUT2D eigenvalue weighted by molar-refractivity contribution is 7.99. The third-order valence-corrected chi connectivity index (χ3v) is 3.53. The minimum absolute atomic E-state index is 0.0426. The number of benzene rings is 1. The lowest BCUT2D eigenvalue weighted by atomic mass is 10.1. The van der Waals surface area contributed by atoms with Crippen LogP contribution in [-0.2, 0) is 0 Å². The van der Waals surface area contributed by atoms with Gasteiger partial charge in [0.1, 0.15) is 0 Å². The van der Waals surface area contributed by atoms with Gasteiger partial charge in [-0.2, -0.15) is 11.8 Å². The second-order valence-electron chi connectivity index (χ2n) is 4.22. The molecule has 1 aromatic carbocycles. The monoisotopic (exact) mass is 266 g/mol. The summed E-state index contributed by atoms with van der Waals surface area (Å²) in [5, 5.41) is 3.35. The second kappa shape index (κ2) is 8.03. The molecule has 3 nitrogen and oxygen atoms in total. The highest BCUT2D eigenvalue weighted by Crippen LogP contribution is 2.16. The fourth-order valence-corrected chi connectivity index (χ4v) is 2.24. The Morgan fingerprint density at radius 3 is 2.72 bits per heavy atom. The van der Waals surface area contributed by atoms with E-state index in [4.69, 9.17) is 0 Å². The molecular formula is C14H22N2OS. The lowest BCUT2D eigenvalue weighted by Crippen LogP contribution is -2.23. The number of amides is 1. The molecule has 18 heavy (non-hydrogen) atoms. The predicted octanol–water partition coefficient (Wildman–Crippen LogP) is 2.94. The van der Waals surface area contributed by atoms with Gasteiger partial charge in [-0.25, -0.2) is 0 Å². The van der Waals surface area contributed by atoms with Crippen LogP contribution in [-0.4, -0.2) is 43.0 Å². The molecule has 0 aliphatic carbocycles. The number of nitrogens with zero attached hydrogens (tertiary/aromatic N) is 1. The molecule has 0 saturated carbocycles. The maximum atomic E-state index is 12.0. The van der Waals surface area contributed by atoms with Gasteiger partial charge in [0.15, 0.2) is 0 Å². The quantitative estimate of drug-likeness (QED) is 0.770. The number of carbonyl (C=O) groups is 1. The van der Waals surface area contributed by atoms with Crippen molar-refractivity contribution in [2.24, 2.45) is 0 Å².